The normalized spacial score (nSPS) is 10.0. The van der Waals surface area contributed by atoms with E-state index in [-0.39, 0.29) is 16.8 Å². The number of aromatic carboxylic acids is 1. The number of anilines is 1. The maximum Gasteiger partial charge on any atom is 0.343 e. The Morgan fingerprint density at radius 1 is 1.14 bits per heavy atom. The highest BCUT2D eigenvalue weighted by Gasteiger charge is 2.19. The van der Waals surface area contributed by atoms with Crippen LogP contribution in [0.25, 0.3) is 0 Å². The Bertz CT molecular complexity index is 754. The van der Waals surface area contributed by atoms with Gasteiger partial charge in [-0.1, -0.05) is 0 Å². The molecule has 0 heterocycles. The predicted molar refractivity (Wildman–Crippen MR) is 75.9 cm³/mol. The second kappa shape index (κ2) is 5.92. The van der Waals surface area contributed by atoms with Crippen LogP contribution in [0.4, 0.5) is 11.4 Å². The van der Waals surface area contributed by atoms with Gasteiger partial charge in [0.2, 0.25) is 0 Å². The van der Waals surface area contributed by atoms with Crippen LogP contribution in [-0.4, -0.2) is 22.0 Å². The van der Waals surface area contributed by atoms with Gasteiger partial charge in [-0.25, -0.2) is 9.59 Å². The van der Waals surface area contributed by atoms with Crippen LogP contribution in [0.1, 0.15) is 20.7 Å². The molecular formula is C14H10N2O6. The van der Waals surface area contributed by atoms with Crippen molar-refractivity contribution in [2.24, 2.45) is 0 Å². The summed E-state index contributed by atoms with van der Waals surface area (Å²) in [6, 6.07) is 8.66. The number of carboxylic acids is 1. The molecule has 0 unspecified atom stereocenters. The van der Waals surface area contributed by atoms with Crippen molar-refractivity contribution in [2.45, 2.75) is 0 Å². The number of esters is 1. The number of hydrogen-bond acceptors (Lipinski definition) is 6. The van der Waals surface area contributed by atoms with Gasteiger partial charge < -0.3 is 15.6 Å². The van der Waals surface area contributed by atoms with Gasteiger partial charge >= 0.3 is 11.9 Å². The van der Waals surface area contributed by atoms with Crippen LogP contribution in [0.5, 0.6) is 5.75 Å². The number of nitro groups is 1. The molecular weight excluding hydrogens is 292 g/mol. The van der Waals surface area contributed by atoms with E-state index in [9.17, 15) is 19.7 Å². The largest absolute Gasteiger partial charge is 0.478 e. The lowest BCUT2D eigenvalue weighted by molar-refractivity contribution is -0.384. The van der Waals surface area contributed by atoms with Gasteiger partial charge in [0.15, 0.2) is 5.75 Å². The van der Waals surface area contributed by atoms with Gasteiger partial charge in [-0.2, -0.15) is 0 Å². The minimum atomic E-state index is -1.37. The monoisotopic (exact) mass is 302 g/mol. The standard InChI is InChI=1S/C14H10N2O6/c15-9-3-1-8(2-4-9)14(19)22-12-7-10(16(20)21)5-6-11(12)13(17)18/h1-7H,15H2,(H,17,18). The van der Waals surface area contributed by atoms with Crippen molar-refractivity contribution in [3.8, 4) is 5.75 Å². The van der Waals surface area contributed by atoms with Crippen molar-refractivity contribution in [1.29, 1.82) is 0 Å². The number of benzene rings is 2. The van der Waals surface area contributed by atoms with Crippen molar-refractivity contribution in [2.75, 3.05) is 5.73 Å². The molecule has 8 heteroatoms. The lowest BCUT2D eigenvalue weighted by atomic mass is 10.1. The van der Waals surface area contributed by atoms with Gasteiger partial charge in [0.25, 0.3) is 5.69 Å². The van der Waals surface area contributed by atoms with Gasteiger partial charge in [0.05, 0.1) is 16.6 Å². The van der Waals surface area contributed by atoms with E-state index >= 15 is 0 Å². The van der Waals surface area contributed by atoms with Crippen LogP contribution in [-0.2, 0) is 0 Å². The first-order valence-electron chi connectivity index (χ1n) is 5.98. The zero-order valence-corrected chi connectivity index (χ0v) is 11.1. The second-order valence-electron chi connectivity index (χ2n) is 4.25. The van der Waals surface area contributed by atoms with E-state index in [1.54, 1.807) is 0 Å². The fourth-order valence-corrected chi connectivity index (χ4v) is 1.66. The summed E-state index contributed by atoms with van der Waals surface area (Å²) in [5.74, 6) is -2.61. The molecule has 2 aromatic rings. The highest BCUT2D eigenvalue weighted by molar-refractivity contribution is 5.95. The molecule has 0 saturated heterocycles. The van der Waals surface area contributed by atoms with E-state index in [0.29, 0.717) is 5.69 Å². The predicted octanol–water partition coefficient (Wildman–Crippen LogP) is 2.09. The van der Waals surface area contributed by atoms with Crippen LogP contribution in [0.15, 0.2) is 42.5 Å². The van der Waals surface area contributed by atoms with Crippen molar-refractivity contribution >= 4 is 23.3 Å². The molecule has 2 aromatic carbocycles. The maximum atomic E-state index is 12.0. The molecule has 22 heavy (non-hydrogen) atoms. The average Bonchev–Trinajstić information content (AvgIpc) is 2.47. The fourth-order valence-electron chi connectivity index (χ4n) is 1.66. The Labute approximate surface area is 123 Å². The zero-order chi connectivity index (χ0) is 16.3. The number of ether oxygens (including phenoxy) is 1. The molecule has 2 rings (SSSR count). The highest BCUT2D eigenvalue weighted by atomic mass is 16.6. The molecule has 112 valence electrons. The molecule has 0 radical (unpaired) electrons. The van der Waals surface area contributed by atoms with E-state index in [1.807, 2.05) is 0 Å². The van der Waals surface area contributed by atoms with Gasteiger partial charge in [0, 0.05) is 11.8 Å². The maximum absolute atomic E-state index is 12.0. The van der Waals surface area contributed by atoms with E-state index in [1.165, 1.54) is 24.3 Å². The number of nitrogen functional groups attached to an aromatic ring is 1. The Hall–Kier alpha value is -3.42. The van der Waals surface area contributed by atoms with Gasteiger partial charge in [0.1, 0.15) is 5.56 Å². The van der Waals surface area contributed by atoms with Crippen LogP contribution in [0.3, 0.4) is 0 Å². The number of rotatable bonds is 4. The summed E-state index contributed by atoms with van der Waals surface area (Å²) < 4.78 is 4.96. The van der Waals surface area contributed by atoms with Crippen LogP contribution in [0.2, 0.25) is 0 Å². The Morgan fingerprint density at radius 2 is 1.77 bits per heavy atom. The first-order chi connectivity index (χ1) is 10.4. The molecule has 0 aromatic heterocycles. The third-order valence-electron chi connectivity index (χ3n) is 2.76. The van der Waals surface area contributed by atoms with E-state index in [2.05, 4.69) is 0 Å². The number of nitrogens with two attached hydrogens (primary N) is 1. The number of hydrogen-bond donors (Lipinski definition) is 2. The highest BCUT2D eigenvalue weighted by Crippen LogP contribution is 2.26. The molecule has 8 nitrogen and oxygen atoms in total. The van der Waals surface area contributed by atoms with E-state index < -0.39 is 22.6 Å². The summed E-state index contributed by atoms with van der Waals surface area (Å²) in [6.45, 7) is 0. The summed E-state index contributed by atoms with van der Waals surface area (Å²) in [5, 5.41) is 19.8. The lowest BCUT2D eigenvalue weighted by Gasteiger charge is -2.07. The minimum Gasteiger partial charge on any atom is -0.478 e. The average molecular weight is 302 g/mol. The molecule has 0 fully saturated rings. The van der Waals surface area contributed by atoms with Gasteiger partial charge in [-0.15, -0.1) is 0 Å². The summed E-state index contributed by atoms with van der Waals surface area (Å²) >= 11 is 0. The molecule has 0 amide bonds. The Kier molecular flexibility index (Phi) is 4.03. The summed E-state index contributed by atoms with van der Waals surface area (Å²) in [5.41, 5.74) is 5.33. The number of non-ortho nitro benzene ring substituents is 1. The number of carbonyl (C=O) groups excluding carboxylic acids is 1. The SMILES string of the molecule is Nc1ccc(C(=O)Oc2cc([N+](=O)[O-])ccc2C(=O)O)cc1. The van der Waals surface area contributed by atoms with Crippen LogP contribution in [0, 0.1) is 10.1 Å². The molecule has 0 aliphatic carbocycles. The topological polar surface area (TPSA) is 133 Å². The Morgan fingerprint density at radius 3 is 2.32 bits per heavy atom. The van der Waals surface area contributed by atoms with Gasteiger partial charge in [-0.3, -0.25) is 10.1 Å². The number of nitrogens with zero attached hydrogens (tertiary/aromatic N) is 1. The van der Waals surface area contributed by atoms with E-state index in [4.69, 9.17) is 15.6 Å². The van der Waals surface area contributed by atoms with Crippen molar-refractivity contribution in [3.63, 3.8) is 0 Å². The number of nitro benzene ring substituents is 1. The van der Waals surface area contributed by atoms with Crippen molar-refractivity contribution in [3.05, 3.63) is 63.7 Å². The zero-order valence-electron chi connectivity index (χ0n) is 11.1. The smallest absolute Gasteiger partial charge is 0.343 e. The molecule has 0 aliphatic rings. The fraction of sp³-hybridized carbons (Fsp3) is 0. The molecule has 3 N–H and O–H groups in total. The first-order valence-corrected chi connectivity index (χ1v) is 5.98. The second-order valence-corrected chi connectivity index (χ2v) is 4.25. The lowest BCUT2D eigenvalue weighted by Crippen LogP contribution is -2.12. The summed E-state index contributed by atoms with van der Waals surface area (Å²) in [7, 11) is 0. The van der Waals surface area contributed by atoms with Crippen LogP contribution >= 0.6 is 0 Å². The molecule has 0 atom stereocenters. The molecule has 0 spiro atoms. The Balaban J connectivity index is 2.36. The number of carboxylic acid groups (broad SMARTS) is 1. The first kappa shape index (κ1) is 15.0. The van der Waals surface area contributed by atoms with Crippen molar-refractivity contribution in [1.82, 2.24) is 0 Å². The van der Waals surface area contributed by atoms with Crippen LogP contribution < -0.4 is 10.5 Å². The van der Waals surface area contributed by atoms with Crippen molar-refractivity contribution < 1.29 is 24.4 Å². The molecule has 0 aliphatic heterocycles. The number of carbonyl (C=O) groups is 2. The minimum absolute atomic E-state index is 0.136. The van der Waals surface area contributed by atoms with E-state index in [0.717, 1.165) is 18.2 Å². The molecule has 0 bridgehead atoms. The van der Waals surface area contributed by atoms with Gasteiger partial charge in [-0.05, 0) is 30.3 Å². The third-order valence-corrected chi connectivity index (χ3v) is 2.76. The summed E-state index contributed by atoms with van der Waals surface area (Å²) in [4.78, 5) is 33.1. The summed E-state index contributed by atoms with van der Waals surface area (Å²) in [6.07, 6.45) is 0. The quantitative estimate of drug-likeness (QED) is 0.290. The third kappa shape index (κ3) is 3.18. The molecule has 0 saturated carbocycles.